The van der Waals surface area contributed by atoms with Crippen LogP contribution in [0.3, 0.4) is 0 Å². The molecule has 4 nitrogen and oxygen atoms in total. The first-order valence-electron chi connectivity index (χ1n) is 8.08. The molecule has 0 radical (unpaired) electrons. The summed E-state index contributed by atoms with van der Waals surface area (Å²) < 4.78 is 0. The molecule has 0 rings (SSSR count). The molecule has 20 heavy (non-hydrogen) atoms. The van der Waals surface area contributed by atoms with Crippen molar-refractivity contribution in [3.05, 3.63) is 0 Å². The smallest absolute Gasteiger partial charge is 0.0610 e. The molecule has 0 bridgehead atoms. The lowest BCUT2D eigenvalue weighted by Gasteiger charge is -2.32. The van der Waals surface area contributed by atoms with Gasteiger partial charge < -0.3 is 20.2 Å². The molecule has 2 N–H and O–H groups in total. The van der Waals surface area contributed by atoms with E-state index < -0.39 is 0 Å². The van der Waals surface area contributed by atoms with Crippen LogP contribution in [0, 0.1) is 0 Å². The number of aliphatic hydroxyl groups excluding tert-OH is 1. The summed E-state index contributed by atoms with van der Waals surface area (Å²) in [7, 11) is 4.25. The first-order valence-corrected chi connectivity index (χ1v) is 8.08. The molecule has 122 valence electrons. The summed E-state index contributed by atoms with van der Waals surface area (Å²) in [4.78, 5) is 4.77. The van der Waals surface area contributed by atoms with Gasteiger partial charge in [-0.05, 0) is 53.4 Å². The molecule has 0 aliphatic heterocycles. The van der Waals surface area contributed by atoms with Gasteiger partial charge in [-0.15, -0.1) is 0 Å². The summed E-state index contributed by atoms with van der Waals surface area (Å²) in [6.45, 7) is 13.4. The van der Waals surface area contributed by atoms with Crippen LogP contribution in [0.2, 0.25) is 0 Å². The molecular formula is C16H37N3O. The number of rotatable bonds is 12. The zero-order valence-corrected chi connectivity index (χ0v) is 14.6. The van der Waals surface area contributed by atoms with E-state index in [0.29, 0.717) is 6.04 Å². The number of likely N-dealkylation sites (N-methyl/N-ethyl adjacent to an activating group) is 1. The van der Waals surface area contributed by atoms with Crippen molar-refractivity contribution in [1.82, 2.24) is 15.1 Å². The van der Waals surface area contributed by atoms with E-state index in [1.54, 1.807) is 0 Å². The van der Waals surface area contributed by atoms with Gasteiger partial charge >= 0.3 is 0 Å². The van der Waals surface area contributed by atoms with Gasteiger partial charge in [0, 0.05) is 24.7 Å². The fourth-order valence-corrected chi connectivity index (χ4v) is 2.58. The maximum Gasteiger partial charge on any atom is 0.0610 e. The van der Waals surface area contributed by atoms with Gasteiger partial charge in [0.1, 0.15) is 0 Å². The first kappa shape index (κ1) is 19.8. The largest absolute Gasteiger partial charge is 0.394 e. The van der Waals surface area contributed by atoms with Crippen molar-refractivity contribution in [1.29, 1.82) is 0 Å². The molecule has 1 atom stereocenters. The van der Waals surface area contributed by atoms with Crippen LogP contribution in [-0.4, -0.2) is 73.4 Å². The standard InChI is InChI=1S/C16H37N3O/c1-7-10-19(13-12-18(5)6)11-8-9-16(4,14-20)17-15(2)3/h15,17,20H,7-14H2,1-6H3. The second-order valence-electron chi connectivity index (χ2n) is 6.77. The lowest BCUT2D eigenvalue weighted by atomic mass is 9.95. The fourth-order valence-electron chi connectivity index (χ4n) is 2.58. The predicted octanol–water partition coefficient (Wildman–Crippen LogP) is 1.79. The van der Waals surface area contributed by atoms with E-state index in [0.717, 1.165) is 32.5 Å². The summed E-state index contributed by atoms with van der Waals surface area (Å²) in [6.07, 6.45) is 3.35. The normalized spacial score (nSPS) is 15.3. The van der Waals surface area contributed by atoms with Gasteiger partial charge in [-0.25, -0.2) is 0 Å². The number of nitrogens with zero attached hydrogens (tertiary/aromatic N) is 2. The molecule has 0 aromatic rings. The van der Waals surface area contributed by atoms with Crippen LogP contribution in [0.1, 0.15) is 47.0 Å². The van der Waals surface area contributed by atoms with E-state index in [4.69, 9.17) is 0 Å². The van der Waals surface area contributed by atoms with Gasteiger partial charge in [0.25, 0.3) is 0 Å². The third-order valence-electron chi connectivity index (χ3n) is 3.59. The van der Waals surface area contributed by atoms with Crippen molar-refractivity contribution in [3.8, 4) is 0 Å². The molecule has 0 aliphatic carbocycles. The summed E-state index contributed by atoms with van der Waals surface area (Å²) in [5, 5.41) is 13.1. The van der Waals surface area contributed by atoms with Crippen LogP contribution in [0.5, 0.6) is 0 Å². The van der Waals surface area contributed by atoms with Crippen molar-refractivity contribution >= 4 is 0 Å². The van der Waals surface area contributed by atoms with E-state index in [1.165, 1.54) is 13.0 Å². The Morgan fingerprint density at radius 3 is 2.20 bits per heavy atom. The van der Waals surface area contributed by atoms with Gasteiger partial charge in [-0.3, -0.25) is 0 Å². The van der Waals surface area contributed by atoms with Crippen molar-refractivity contribution in [2.45, 2.75) is 58.5 Å². The van der Waals surface area contributed by atoms with E-state index in [9.17, 15) is 5.11 Å². The Kier molecular flexibility index (Phi) is 10.5. The summed E-state index contributed by atoms with van der Waals surface area (Å²) in [6, 6.07) is 0.410. The predicted molar refractivity (Wildman–Crippen MR) is 88.3 cm³/mol. The van der Waals surface area contributed by atoms with Gasteiger partial charge in [-0.2, -0.15) is 0 Å². The number of hydrogen-bond acceptors (Lipinski definition) is 4. The van der Waals surface area contributed by atoms with Gasteiger partial charge in [0.15, 0.2) is 0 Å². The Morgan fingerprint density at radius 2 is 1.75 bits per heavy atom. The number of hydrogen-bond donors (Lipinski definition) is 2. The molecule has 0 aliphatic rings. The van der Waals surface area contributed by atoms with Crippen molar-refractivity contribution in [2.75, 3.05) is 46.9 Å². The van der Waals surface area contributed by atoms with Gasteiger partial charge in [0.05, 0.1) is 6.61 Å². The van der Waals surface area contributed by atoms with Crippen LogP contribution >= 0.6 is 0 Å². The highest BCUT2D eigenvalue weighted by molar-refractivity contribution is 4.84. The van der Waals surface area contributed by atoms with Crippen LogP contribution in [0.4, 0.5) is 0 Å². The molecular weight excluding hydrogens is 250 g/mol. The number of nitrogens with one attached hydrogen (secondary N) is 1. The molecule has 0 saturated carbocycles. The molecule has 0 aromatic heterocycles. The molecule has 0 aromatic carbocycles. The van der Waals surface area contributed by atoms with Gasteiger partial charge in [0.2, 0.25) is 0 Å². The van der Waals surface area contributed by atoms with E-state index in [-0.39, 0.29) is 12.1 Å². The fraction of sp³-hybridized carbons (Fsp3) is 1.00. The topological polar surface area (TPSA) is 38.7 Å². The Bertz CT molecular complexity index is 234. The zero-order chi connectivity index (χ0) is 15.6. The Morgan fingerprint density at radius 1 is 1.10 bits per heavy atom. The number of aliphatic hydroxyl groups is 1. The molecule has 0 fully saturated rings. The maximum absolute atomic E-state index is 9.60. The average molecular weight is 287 g/mol. The lowest BCUT2D eigenvalue weighted by molar-refractivity contribution is 0.147. The van der Waals surface area contributed by atoms with Crippen molar-refractivity contribution < 1.29 is 5.11 Å². The molecule has 1 unspecified atom stereocenters. The molecule has 4 heteroatoms. The van der Waals surface area contributed by atoms with Crippen LogP contribution < -0.4 is 5.32 Å². The van der Waals surface area contributed by atoms with Crippen LogP contribution in [0.15, 0.2) is 0 Å². The zero-order valence-electron chi connectivity index (χ0n) is 14.6. The summed E-state index contributed by atoms with van der Waals surface area (Å²) in [5.74, 6) is 0. The SMILES string of the molecule is CCCN(CCCC(C)(CO)NC(C)C)CCN(C)C. The van der Waals surface area contributed by atoms with Crippen molar-refractivity contribution in [2.24, 2.45) is 0 Å². The monoisotopic (exact) mass is 287 g/mol. The molecule has 0 spiro atoms. The van der Waals surface area contributed by atoms with E-state index >= 15 is 0 Å². The highest BCUT2D eigenvalue weighted by Crippen LogP contribution is 2.13. The highest BCUT2D eigenvalue weighted by Gasteiger charge is 2.23. The first-order chi connectivity index (χ1) is 9.33. The third kappa shape index (κ3) is 9.70. The average Bonchev–Trinajstić information content (AvgIpc) is 2.35. The third-order valence-corrected chi connectivity index (χ3v) is 3.59. The van der Waals surface area contributed by atoms with E-state index in [2.05, 4.69) is 56.9 Å². The molecule has 0 heterocycles. The second kappa shape index (κ2) is 10.6. The van der Waals surface area contributed by atoms with Gasteiger partial charge in [-0.1, -0.05) is 20.8 Å². The Labute approximate surface area is 126 Å². The maximum atomic E-state index is 9.60. The van der Waals surface area contributed by atoms with E-state index in [1.807, 2.05) is 0 Å². The minimum Gasteiger partial charge on any atom is -0.394 e. The molecule has 0 saturated heterocycles. The highest BCUT2D eigenvalue weighted by atomic mass is 16.3. The van der Waals surface area contributed by atoms with Crippen LogP contribution in [0.25, 0.3) is 0 Å². The van der Waals surface area contributed by atoms with Crippen LogP contribution in [-0.2, 0) is 0 Å². The molecule has 0 amide bonds. The second-order valence-corrected chi connectivity index (χ2v) is 6.77. The Balaban J connectivity index is 4.12. The summed E-state index contributed by atoms with van der Waals surface area (Å²) >= 11 is 0. The summed E-state index contributed by atoms with van der Waals surface area (Å²) in [5.41, 5.74) is -0.145. The minimum absolute atomic E-state index is 0.145. The van der Waals surface area contributed by atoms with Crippen molar-refractivity contribution in [3.63, 3.8) is 0 Å². The minimum atomic E-state index is -0.145. The lowest BCUT2D eigenvalue weighted by Crippen LogP contribution is -2.49. The quantitative estimate of drug-likeness (QED) is 0.574. The Hall–Kier alpha value is -0.160.